The SMILES string of the molecule is CC(=O)/C=C/[C@@H]1C[C@H]2C=C[C@H]1C2. The molecule has 1 saturated carbocycles. The van der Waals surface area contributed by atoms with Crippen molar-refractivity contribution in [2.24, 2.45) is 17.8 Å². The highest BCUT2D eigenvalue weighted by Crippen LogP contribution is 2.43. The minimum Gasteiger partial charge on any atom is -0.295 e. The Morgan fingerprint density at radius 2 is 2.25 bits per heavy atom. The molecule has 1 heteroatoms. The van der Waals surface area contributed by atoms with Crippen LogP contribution in [0.4, 0.5) is 0 Å². The summed E-state index contributed by atoms with van der Waals surface area (Å²) < 4.78 is 0. The lowest BCUT2D eigenvalue weighted by Gasteiger charge is -2.12. The van der Waals surface area contributed by atoms with Gasteiger partial charge in [0.15, 0.2) is 5.78 Å². The van der Waals surface area contributed by atoms with E-state index in [-0.39, 0.29) is 5.78 Å². The molecule has 0 amide bonds. The van der Waals surface area contributed by atoms with Crippen molar-refractivity contribution in [3.63, 3.8) is 0 Å². The smallest absolute Gasteiger partial charge is 0.152 e. The fraction of sp³-hybridized carbons (Fsp3) is 0.545. The maximum absolute atomic E-state index is 10.7. The Morgan fingerprint density at radius 1 is 1.42 bits per heavy atom. The van der Waals surface area contributed by atoms with Gasteiger partial charge >= 0.3 is 0 Å². The second-order valence-corrected chi connectivity index (χ2v) is 3.91. The maximum atomic E-state index is 10.7. The Labute approximate surface area is 73.2 Å². The molecule has 0 radical (unpaired) electrons. The molecule has 1 fully saturated rings. The lowest BCUT2D eigenvalue weighted by atomic mass is 9.93. The molecule has 1 nitrogen and oxygen atoms in total. The Balaban J connectivity index is 1.99. The number of allylic oxidation sites excluding steroid dienone is 4. The molecule has 0 aliphatic heterocycles. The van der Waals surface area contributed by atoms with Crippen LogP contribution in [0.15, 0.2) is 24.3 Å². The molecule has 0 saturated heterocycles. The average molecular weight is 162 g/mol. The predicted octanol–water partition coefficient (Wildman–Crippen LogP) is 2.34. The summed E-state index contributed by atoms with van der Waals surface area (Å²) in [5.74, 6) is 2.34. The average Bonchev–Trinajstić information content (AvgIpc) is 2.60. The monoisotopic (exact) mass is 162 g/mol. The van der Waals surface area contributed by atoms with Crippen LogP contribution < -0.4 is 0 Å². The Morgan fingerprint density at radius 3 is 2.75 bits per heavy atom. The molecule has 2 aliphatic carbocycles. The highest BCUT2D eigenvalue weighted by atomic mass is 16.1. The van der Waals surface area contributed by atoms with E-state index >= 15 is 0 Å². The van der Waals surface area contributed by atoms with Crippen molar-refractivity contribution in [3.05, 3.63) is 24.3 Å². The highest BCUT2D eigenvalue weighted by molar-refractivity contribution is 5.87. The molecule has 2 aliphatic rings. The van der Waals surface area contributed by atoms with E-state index in [1.807, 2.05) is 0 Å². The quantitative estimate of drug-likeness (QED) is 0.450. The van der Waals surface area contributed by atoms with Gasteiger partial charge in [0.25, 0.3) is 0 Å². The van der Waals surface area contributed by atoms with Crippen molar-refractivity contribution in [2.45, 2.75) is 19.8 Å². The minimum absolute atomic E-state index is 0.168. The molecule has 12 heavy (non-hydrogen) atoms. The number of carbonyl (C=O) groups is 1. The van der Waals surface area contributed by atoms with E-state index in [1.165, 1.54) is 12.8 Å². The molecule has 0 N–H and O–H groups in total. The fourth-order valence-electron chi connectivity index (χ4n) is 2.30. The second-order valence-electron chi connectivity index (χ2n) is 3.91. The van der Waals surface area contributed by atoms with Crippen molar-refractivity contribution in [1.29, 1.82) is 0 Å². The lowest BCUT2D eigenvalue weighted by Crippen LogP contribution is -2.03. The molecule has 2 bridgehead atoms. The maximum Gasteiger partial charge on any atom is 0.152 e. The number of hydrogen-bond donors (Lipinski definition) is 0. The summed E-state index contributed by atoms with van der Waals surface area (Å²) in [4.78, 5) is 10.7. The second kappa shape index (κ2) is 2.89. The standard InChI is InChI=1S/C11H14O/c1-8(12)2-4-10-6-9-3-5-11(10)7-9/h2-5,9-11H,6-7H2,1H3/b4-2+/t9-,10-,11+/m1/s1. The number of rotatable bonds is 2. The Kier molecular flexibility index (Phi) is 1.87. The summed E-state index contributed by atoms with van der Waals surface area (Å²) in [5, 5.41) is 0. The van der Waals surface area contributed by atoms with Gasteiger partial charge in [-0.25, -0.2) is 0 Å². The van der Waals surface area contributed by atoms with Crippen LogP contribution in [0.1, 0.15) is 19.8 Å². The van der Waals surface area contributed by atoms with E-state index in [9.17, 15) is 4.79 Å². The lowest BCUT2D eigenvalue weighted by molar-refractivity contribution is -0.112. The summed E-state index contributed by atoms with van der Waals surface area (Å²) >= 11 is 0. The van der Waals surface area contributed by atoms with Crippen molar-refractivity contribution in [2.75, 3.05) is 0 Å². The molecule has 0 aromatic heterocycles. The molecule has 3 atom stereocenters. The number of hydrogen-bond acceptors (Lipinski definition) is 1. The minimum atomic E-state index is 0.168. The molecule has 0 aromatic carbocycles. The zero-order chi connectivity index (χ0) is 8.55. The first kappa shape index (κ1) is 7.78. The first-order valence-electron chi connectivity index (χ1n) is 4.63. The summed E-state index contributed by atoms with van der Waals surface area (Å²) in [5.41, 5.74) is 0. The van der Waals surface area contributed by atoms with Gasteiger partial charge in [0.05, 0.1) is 0 Å². The summed E-state index contributed by atoms with van der Waals surface area (Å²) in [6.07, 6.45) is 11.0. The van der Waals surface area contributed by atoms with Crippen LogP contribution >= 0.6 is 0 Å². The van der Waals surface area contributed by atoms with Crippen LogP contribution in [0.5, 0.6) is 0 Å². The third-order valence-electron chi connectivity index (χ3n) is 2.91. The van der Waals surface area contributed by atoms with Gasteiger partial charge in [0.1, 0.15) is 0 Å². The highest BCUT2D eigenvalue weighted by Gasteiger charge is 2.33. The summed E-state index contributed by atoms with van der Waals surface area (Å²) in [6.45, 7) is 1.61. The van der Waals surface area contributed by atoms with Gasteiger partial charge in [-0.15, -0.1) is 0 Å². The van der Waals surface area contributed by atoms with Gasteiger partial charge in [-0.3, -0.25) is 4.79 Å². The van der Waals surface area contributed by atoms with E-state index in [0.717, 1.165) is 11.8 Å². The Bertz CT molecular complexity index is 250. The zero-order valence-corrected chi connectivity index (χ0v) is 7.36. The Hall–Kier alpha value is -0.850. The van der Waals surface area contributed by atoms with E-state index in [4.69, 9.17) is 0 Å². The van der Waals surface area contributed by atoms with Gasteiger partial charge in [0.2, 0.25) is 0 Å². The zero-order valence-electron chi connectivity index (χ0n) is 7.36. The van der Waals surface area contributed by atoms with Crippen LogP contribution in [0.25, 0.3) is 0 Å². The fourth-order valence-corrected chi connectivity index (χ4v) is 2.30. The first-order chi connectivity index (χ1) is 5.75. The van der Waals surface area contributed by atoms with E-state index in [2.05, 4.69) is 18.2 Å². The molecule has 0 heterocycles. The third kappa shape index (κ3) is 1.36. The largest absolute Gasteiger partial charge is 0.295 e. The summed E-state index contributed by atoms with van der Waals surface area (Å²) in [6, 6.07) is 0. The van der Waals surface area contributed by atoms with Gasteiger partial charge in [0, 0.05) is 0 Å². The van der Waals surface area contributed by atoms with Crippen molar-refractivity contribution in [3.8, 4) is 0 Å². The van der Waals surface area contributed by atoms with Gasteiger partial charge in [-0.05, 0) is 43.6 Å². The van der Waals surface area contributed by atoms with Gasteiger partial charge in [-0.1, -0.05) is 18.2 Å². The number of carbonyl (C=O) groups excluding carboxylic acids is 1. The molecular weight excluding hydrogens is 148 g/mol. The topological polar surface area (TPSA) is 17.1 Å². The normalized spacial score (nSPS) is 38.2. The molecule has 64 valence electrons. The van der Waals surface area contributed by atoms with Crippen molar-refractivity contribution in [1.82, 2.24) is 0 Å². The molecule has 0 unspecified atom stereocenters. The predicted molar refractivity (Wildman–Crippen MR) is 48.7 cm³/mol. The summed E-state index contributed by atoms with van der Waals surface area (Å²) in [7, 11) is 0. The van der Waals surface area contributed by atoms with Crippen molar-refractivity contribution >= 4 is 5.78 Å². The molecular formula is C11H14O. The number of fused-ring (bicyclic) bond motifs is 2. The van der Waals surface area contributed by atoms with Crippen LogP contribution in [0.2, 0.25) is 0 Å². The van der Waals surface area contributed by atoms with Crippen molar-refractivity contribution < 1.29 is 4.79 Å². The van der Waals surface area contributed by atoms with Crippen LogP contribution in [-0.2, 0) is 4.79 Å². The molecule has 2 rings (SSSR count). The molecule has 0 spiro atoms. The first-order valence-corrected chi connectivity index (χ1v) is 4.63. The van der Waals surface area contributed by atoms with Crippen LogP contribution in [0, 0.1) is 17.8 Å². The van der Waals surface area contributed by atoms with Gasteiger partial charge in [-0.2, -0.15) is 0 Å². The molecule has 0 aromatic rings. The van der Waals surface area contributed by atoms with Crippen LogP contribution in [0.3, 0.4) is 0 Å². The number of ketones is 1. The van der Waals surface area contributed by atoms with E-state index < -0.39 is 0 Å². The third-order valence-corrected chi connectivity index (χ3v) is 2.91. The van der Waals surface area contributed by atoms with E-state index in [0.29, 0.717) is 5.92 Å². The van der Waals surface area contributed by atoms with Gasteiger partial charge < -0.3 is 0 Å². The van der Waals surface area contributed by atoms with Crippen LogP contribution in [-0.4, -0.2) is 5.78 Å². The van der Waals surface area contributed by atoms with E-state index in [1.54, 1.807) is 13.0 Å².